The lowest BCUT2D eigenvalue weighted by Gasteiger charge is -2.38. The van der Waals surface area contributed by atoms with Crippen LogP contribution in [0.3, 0.4) is 0 Å². The smallest absolute Gasteiger partial charge is 0.192 e. The molecule has 1 unspecified atom stereocenters. The van der Waals surface area contributed by atoms with Gasteiger partial charge in [-0.25, -0.2) is 0 Å². The van der Waals surface area contributed by atoms with E-state index in [0.717, 1.165) is 0 Å². The zero-order valence-corrected chi connectivity index (χ0v) is 15.3. The van der Waals surface area contributed by atoms with E-state index in [1.807, 2.05) is 13.8 Å². The van der Waals surface area contributed by atoms with Crippen LogP contribution in [0.1, 0.15) is 46.5 Å². The topological polar surface area (TPSA) is 42.6 Å². The van der Waals surface area contributed by atoms with Crippen LogP contribution >= 0.6 is 0 Å². The molecule has 1 atom stereocenters. The molecular formula is C17H28O3Si. The molecular weight excluding hydrogens is 280 g/mol. The molecule has 118 valence electrons. The van der Waals surface area contributed by atoms with E-state index in [1.54, 1.807) is 12.1 Å². The molecule has 0 aliphatic heterocycles. The summed E-state index contributed by atoms with van der Waals surface area (Å²) in [5.41, 5.74) is -0.302. The van der Waals surface area contributed by atoms with E-state index >= 15 is 0 Å². The largest absolute Gasteiger partial charge is 0.466 e. The van der Waals surface area contributed by atoms with Crippen molar-refractivity contribution in [1.82, 2.24) is 0 Å². The fourth-order valence-corrected chi connectivity index (χ4v) is 2.55. The van der Waals surface area contributed by atoms with Gasteiger partial charge in [0.05, 0.1) is 6.26 Å². The first-order chi connectivity index (χ1) is 9.45. The molecule has 1 heterocycles. The molecule has 0 bridgehead atoms. The maximum Gasteiger partial charge on any atom is 0.192 e. The summed E-state index contributed by atoms with van der Waals surface area (Å²) < 4.78 is 11.4. The third-order valence-corrected chi connectivity index (χ3v) is 8.44. The third kappa shape index (κ3) is 5.35. The Balaban J connectivity index is 2.67. The highest BCUT2D eigenvalue weighted by atomic mass is 28.4. The molecule has 4 heteroatoms. The SMILES string of the molecule is CC(C)(C#CC(O)c1ccco1)CO[Si](C)(C)C(C)(C)C. The molecule has 3 nitrogen and oxygen atoms in total. The first-order valence-corrected chi connectivity index (χ1v) is 10.2. The lowest BCUT2D eigenvalue weighted by molar-refractivity contribution is 0.199. The van der Waals surface area contributed by atoms with Gasteiger partial charge in [-0.05, 0) is 44.1 Å². The Labute approximate surface area is 129 Å². The van der Waals surface area contributed by atoms with Crippen molar-refractivity contribution in [3.05, 3.63) is 24.2 Å². The second-order valence-corrected chi connectivity index (χ2v) is 12.4. The molecule has 0 saturated carbocycles. The van der Waals surface area contributed by atoms with Crippen LogP contribution in [-0.4, -0.2) is 20.0 Å². The summed E-state index contributed by atoms with van der Waals surface area (Å²) in [6.45, 7) is 15.8. The minimum absolute atomic E-state index is 0.185. The van der Waals surface area contributed by atoms with Crippen molar-refractivity contribution in [2.24, 2.45) is 5.41 Å². The van der Waals surface area contributed by atoms with Gasteiger partial charge in [0.1, 0.15) is 5.76 Å². The zero-order chi connectivity index (χ0) is 16.3. The molecule has 0 aromatic carbocycles. The standard InChI is InChI=1S/C17H28O3Si/c1-16(2,3)21(6,7)20-13-17(4,5)11-10-14(18)15-9-8-12-19-15/h8-9,12,14,18H,13H2,1-7H3. The summed E-state index contributed by atoms with van der Waals surface area (Å²) in [5, 5.41) is 10.1. The first-order valence-electron chi connectivity index (χ1n) is 7.33. The fourth-order valence-electron chi connectivity index (χ4n) is 1.40. The van der Waals surface area contributed by atoms with Crippen molar-refractivity contribution in [2.45, 2.75) is 58.9 Å². The van der Waals surface area contributed by atoms with Gasteiger partial charge in [0.2, 0.25) is 0 Å². The van der Waals surface area contributed by atoms with Gasteiger partial charge < -0.3 is 13.9 Å². The summed E-state index contributed by atoms with van der Waals surface area (Å²) in [6.07, 6.45) is 0.651. The van der Waals surface area contributed by atoms with E-state index in [1.165, 1.54) is 6.26 Å². The average Bonchev–Trinajstić information content (AvgIpc) is 2.86. The maximum atomic E-state index is 9.93. The molecule has 0 aliphatic carbocycles. The van der Waals surface area contributed by atoms with Gasteiger partial charge in [-0.1, -0.05) is 32.6 Å². The fraction of sp³-hybridized carbons (Fsp3) is 0.647. The maximum absolute atomic E-state index is 9.93. The van der Waals surface area contributed by atoms with Crippen LogP contribution in [0.15, 0.2) is 22.8 Å². The van der Waals surface area contributed by atoms with E-state index in [0.29, 0.717) is 12.4 Å². The molecule has 1 aromatic rings. The van der Waals surface area contributed by atoms with Crippen molar-refractivity contribution in [3.8, 4) is 11.8 Å². The Bertz CT molecular complexity index is 498. The van der Waals surface area contributed by atoms with Crippen molar-refractivity contribution in [2.75, 3.05) is 6.61 Å². The first kappa shape index (κ1) is 18.0. The van der Waals surface area contributed by atoms with Crippen molar-refractivity contribution in [3.63, 3.8) is 0 Å². The van der Waals surface area contributed by atoms with E-state index in [2.05, 4.69) is 45.7 Å². The Morgan fingerprint density at radius 2 is 1.90 bits per heavy atom. The van der Waals surface area contributed by atoms with Crippen molar-refractivity contribution >= 4 is 8.32 Å². The Morgan fingerprint density at radius 3 is 2.38 bits per heavy atom. The lowest BCUT2D eigenvalue weighted by Crippen LogP contribution is -2.43. The van der Waals surface area contributed by atoms with Crippen molar-refractivity contribution < 1.29 is 13.9 Å². The monoisotopic (exact) mass is 308 g/mol. The van der Waals surface area contributed by atoms with Crippen LogP contribution in [0, 0.1) is 17.3 Å². The second kappa shape index (κ2) is 6.39. The van der Waals surface area contributed by atoms with E-state index < -0.39 is 14.4 Å². The molecule has 1 N–H and O–H groups in total. The Kier molecular flexibility index (Phi) is 5.49. The molecule has 1 rings (SSSR count). The third-order valence-electron chi connectivity index (χ3n) is 3.96. The molecule has 0 aliphatic rings. The normalized spacial score (nSPS) is 14.5. The Hall–Kier alpha value is -1.02. The molecule has 0 fully saturated rings. The molecule has 0 amide bonds. The molecule has 1 aromatic heterocycles. The highest BCUT2D eigenvalue weighted by Gasteiger charge is 2.38. The van der Waals surface area contributed by atoms with Gasteiger partial charge in [0.25, 0.3) is 0 Å². The number of furan rings is 1. The number of aliphatic hydroxyl groups excluding tert-OH is 1. The minimum atomic E-state index is -1.77. The summed E-state index contributed by atoms with van der Waals surface area (Å²) in [6, 6.07) is 3.46. The van der Waals surface area contributed by atoms with E-state index in [-0.39, 0.29) is 10.5 Å². The zero-order valence-electron chi connectivity index (χ0n) is 14.3. The van der Waals surface area contributed by atoms with Crippen LogP contribution < -0.4 is 0 Å². The van der Waals surface area contributed by atoms with Gasteiger partial charge >= 0.3 is 0 Å². The summed E-state index contributed by atoms with van der Waals surface area (Å²) in [4.78, 5) is 0. The molecule has 0 spiro atoms. The summed E-state index contributed by atoms with van der Waals surface area (Å²) in [7, 11) is -1.77. The summed E-state index contributed by atoms with van der Waals surface area (Å²) in [5.74, 6) is 6.43. The van der Waals surface area contributed by atoms with Gasteiger partial charge in [0.15, 0.2) is 14.4 Å². The van der Waals surface area contributed by atoms with Crippen LogP contribution in [0.25, 0.3) is 0 Å². The van der Waals surface area contributed by atoms with Crippen LogP contribution in [0.2, 0.25) is 18.1 Å². The number of hydrogen-bond acceptors (Lipinski definition) is 3. The predicted octanol–water partition coefficient (Wildman–Crippen LogP) is 4.36. The van der Waals surface area contributed by atoms with Gasteiger partial charge in [-0.2, -0.15) is 0 Å². The highest BCUT2D eigenvalue weighted by molar-refractivity contribution is 6.74. The Morgan fingerprint density at radius 1 is 1.29 bits per heavy atom. The van der Waals surface area contributed by atoms with E-state index in [4.69, 9.17) is 8.84 Å². The molecule has 0 saturated heterocycles. The predicted molar refractivity (Wildman–Crippen MR) is 88.4 cm³/mol. The van der Waals surface area contributed by atoms with Gasteiger partial charge in [-0.3, -0.25) is 0 Å². The number of aliphatic hydroxyl groups is 1. The van der Waals surface area contributed by atoms with Crippen LogP contribution in [0.5, 0.6) is 0 Å². The second-order valence-electron chi connectivity index (χ2n) is 7.62. The highest BCUT2D eigenvalue weighted by Crippen LogP contribution is 2.37. The quantitative estimate of drug-likeness (QED) is 0.663. The van der Waals surface area contributed by atoms with Gasteiger partial charge in [-0.15, -0.1) is 0 Å². The van der Waals surface area contributed by atoms with Crippen LogP contribution in [-0.2, 0) is 4.43 Å². The molecule has 21 heavy (non-hydrogen) atoms. The van der Waals surface area contributed by atoms with Gasteiger partial charge in [0, 0.05) is 12.0 Å². The molecule has 0 radical (unpaired) electrons. The average molecular weight is 308 g/mol. The van der Waals surface area contributed by atoms with Crippen molar-refractivity contribution in [1.29, 1.82) is 0 Å². The lowest BCUT2D eigenvalue weighted by atomic mass is 9.95. The number of hydrogen-bond donors (Lipinski definition) is 1. The summed E-state index contributed by atoms with van der Waals surface area (Å²) >= 11 is 0. The van der Waals surface area contributed by atoms with E-state index in [9.17, 15) is 5.11 Å². The minimum Gasteiger partial charge on any atom is -0.466 e. The number of rotatable bonds is 4. The van der Waals surface area contributed by atoms with Crippen LogP contribution in [0.4, 0.5) is 0 Å².